The molecule has 1 heterocycles. The number of hydrogen-bond donors (Lipinski definition) is 2. The highest BCUT2D eigenvalue weighted by molar-refractivity contribution is 5.87. The van der Waals surface area contributed by atoms with Crippen LogP contribution in [0.1, 0.15) is 31.5 Å². The molecule has 1 aromatic heterocycles. The third kappa shape index (κ3) is 5.87. The number of carbonyl (C=O) groups is 1. The van der Waals surface area contributed by atoms with Gasteiger partial charge < -0.3 is 11.1 Å². The van der Waals surface area contributed by atoms with Gasteiger partial charge in [0.15, 0.2) is 0 Å². The van der Waals surface area contributed by atoms with Gasteiger partial charge in [-0.3, -0.25) is 9.79 Å². The molecule has 0 spiro atoms. The van der Waals surface area contributed by atoms with E-state index in [1.165, 1.54) is 18.2 Å². The van der Waals surface area contributed by atoms with Crippen LogP contribution in [0.3, 0.4) is 0 Å². The number of amides is 1. The summed E-state index contributed by atoms with van der Waals surface area (Å²) in [5, 5.41) is 2.73. The Morgan fingerprint density at radius 2 is 2.04 bits per heavy atom. The molecule has 2 rings (SSSR count). The lowest BCUT2D eigenvalue weighted by molar-refractivity contribution is -0.116. The van der Waals surface area contributed by atoms with E-state index in [1.54, 1.807) is 24.4 Å². The zero-order valence-electron chi connectivity index (χ0n) is 16.2. The van der Waals surface area contributed by atoms with Gasteiger partial charge in [-0.15, -0.1) is 0 Å². The van der Waals surface area contributed by atoms with Gasteiger partial charge >= 0.3 is 0 Å². The van der Waals surface area contributed by atoms with E-state index in [0.29, 0.717) is 17.1 Å². The lowest BCUT2D eigenvalue weighted by Gasteiger charge is -2.12. The van der Waals surface area contributed by atoms with Crippen LogP contribution in [0.2, 0.25) is 0 Å². The monoisotopic (exact) mass is 380 g/mol. The van der Waals surface area contributed by atoms with Crippen LogP contribution in [0, 0.1) is 5.82 Å². The van der Waals surface area contributed by atoms with Crippen molar-refractivity contribution in [2.45, 2.75) is 32.9 Å². The Hall–Kier alpha value is -3.28. The van der Waals surface area contributed by atoms with Gasteiger partial charge in [-0.2, -0.15) is 0 Å². The summed E-state index contributed by atoms with van der Waals surface area (Å²) < 4.78 is 13.2. The van der Waals surface area contributed by atoms with Crippen LogP contribution in [-0.4, -0.2) is 23.1 Å². The van der Waals surface area contributed by atoms with Crippen LogP contribution in [0.4, 0.5) is 4.39 Å². The molecule has 0 aliphatic heterocycles. The summed E-state index contributed by atoms with van der Waals surface area (Å²) in [6, 6.07) is 9.94. The summed E-state index contributed by atoms with van der Waals surface area (Å²) in [6.07, 6.45) is 5.50. The standard InChI is InChI=1S/C22H25FN4O/c1-4-15(3)25-13-12-19(24)22-17(14-26-21(28)5-2)8-11-20(27-22)16-6-9-18(23)10-7-16/h5-13,15H,2,4,14,24H2,1,3H3,(H,26,28)/b19-12-,25-13?. The molecule has 0 radical (unpaired) electrons. The van der Waals surface area contributed by atoms with Crippen molar-refractivity contribution in [2.24, 2.45) is 10.7 Å². The summed E-state index contributed by atoms with van der Waals surface area (Å²) >= 11 is 0. The number of aromatic nitrogens is 1. The summed E-state index contributed by atoms with van der Waals surface area (Å²) in [7, 11) is 0. The van der Waals surface area contributed by atoms with Gasteiger partial charge in [-0.05, 0) is 61.4 Å². The highest BCUT2D eigenvalue weighted by atomic mass is 19.1. The fourth-order valence-corrected chi connectivity index (χ4v) is 2.37. The lowest BCUT2D eigenvalue weighted by atomic mass is 10.1. The molecule has 146 valence electrons. The molecule has 28 heavy (non-hydrogen) atoms. The fraction of sp³-hybridized carbons (Fsp3) is 0.227. The summed E-state index contributed by atoms with van der Waals surface area (Å²) in [5.41, 5.74) is 9.40. The zero-order valence-corrected chi connectivity index (χ0v) is 16.2. The van der Waals surface area contributed by atoms with E-state index in [2.05, 4.69) is 28.8 Å². The summed E-state index contributed by atoms with van der Waals surface area (Å²) in [5.74, 6) is -0.595. The number of aliphatic imine (C=N–C) groups is 1. The average Bonchev–Trinajstić information content (AvgIpc) is 2.72. The quantitative estimate of drug-likeness (QED) is 0.539. The second-order valence-corrected chi connectivity index (χ2v) is 6.31. The molecule has 1 aromatic carbocycles. The predicted molar refractivity (Wildman–Crippen MR) is 112 cm³/mol. The molecule has 0 saturated heterocycles. The Bertz CT molecular complexity index is 888. The molecular formula is C22H25FN4O. The van der Waals surface area contributed by atoms with Crippen LogP contribution in [0.5, 0.6) is 0 Å². The van der Waals surface area contributed by atoms with Crippen molar-refractivity contribution < 1.29 is 9.18 Å². The first-order valence-corrected chi connectivity index (χ1v) is 9.10. The number of pyridine rings is 1. The largest absolute Gasteiger partial charge is 0.397 e. The van der Waals surface area contributed by atoms with Crippen LogP contribution in [-0.2, 0) is 11.3 Å². The number of benzene rings is 1. The van der Waals surface area contributed by atoms with Crippen LogP contribution in [0.25, 0.3) is 17.0 Å². The highest BCUT2D eigenvalue weighted by Gasteiger charge is 2.11. The molecule has 1 unspecified atom stereocenters. The number of allylic oxidation sites excluding steroid dienone is 1. The van der Waals surface area contributed by atoms with Gasteiger partial charge in [0.1, 0.15) is 5.82 Å². The van der Waals surface area contributed by atoms with Gasteiger partial charge in [-0.1, -0.05) is 19.6 Å². The molecule has 2 aromatic rings. The zero-order chi connectivity index (χ0) is 20.5. The third-order valence-electron chi connectivity index (χ3n) is 4.22. The number of rotatable bonds is 8. The van der Waals surface area contributed by atoms with E-state index in [4.69, 9.17) is 5.73 Å². The SMILES string of the molecule is C=CC(=O)NCc1ccc(-c2ccc(F)cc2)nc1/C(N)=C/C=NC(C)CC. The van der Waals surface area contributed by atoms with Gasteiger partial charge in [0, 0.05) is 24.4 Å². The maximum absolute atomic E-state index is 13.2. The molecule has 0 bridgehead atoms. The number of hydrogen-bond acceptors (Lipinski definition) is 4. The van der Waals surface area contributed by atoms with Gasteiger partial charge in [-0.25, -0.2) is 9.37 Å². The minimum atomic E-state index is -0.312. The Morgan fingerprint density at radius 1 is 1.32 bits per heavy atom. The molecule has 1 amide bonds. The fourth-order valence-electron chi connectivity index (χ4n) is 2.37. The molecule has 3 N–H and O–H groups in total. The first-order valence-electron chi connectivity index (χ1n) is 9.10. The molecule has 1 atom stereocenters. The van der Waals surface area contributed by atoms with Crippen molar-refractivity contribution in [1.29, 1.82) is 0 Å². The molecule has 0 fully saturated rings. The number of carbonyl (C=O) groups excluding carboxylic acids is 1. The van der Waals surface area contributed by atoms with Crippen molar-refractivity contribution in [2.75, 3.05) is 0 Å². The van der Waals surface area contributed by atoms with Crippen LogP contribution in [0.15, 0.2) is 60.1 Å². The topological polar surface area (TPSA) is 80.4 Å². The van der Waals surface area contributed by atoms with Crippen molar-refractivity contribution in [1.82, 2.24) is 10.3 Å². The normalized spacial score (nSPS) is 12.8. The molecule has 5 nitrogen and oxygen atoms in total. The van der Waals surface area contributed by atoms with E-state index >= 15 is 0 Å². The van der Waals surface area contributed by atoms with Crippen molar-refractivity contribution in [3.63, 3.8) is 0 Å². The number of nitrogens with zero attached hydrogens (tertiary/aromatic N) is 2. The first kappa shape index (κ1) is 21.0. The molecule has 0 saturated carbocycles. The number of nitrogens with one attached hydrogen (secondary N) is 1. The van der Waals surface area contributed by atoms with Crippen molar-refractivity contribution >= 4 is 17.8 Å². The molecule has 0 aliphatic carbocycles. The Morgan fingerprint density at radius 3 is 2.68 bits per heavy atom. The second kappa shape index (κ2) is 10.2. The van der Waals surface area contributed by atoms with Crippen LogP contribution >= 0.6 is 0 Å². The van der Waals surface area contributed by atoms with E-state index in [-0.39, 0.29) is 24.3 Å². The number of nitrogens with two attached hydrogens (primary N) is 1. The summed E-state index contributed by atoms with van der Waals surface area (Å²) in [4.78, 5) is 20.5. The van der Waals surface area contributed by atoms with E-state index in [1.807, 2.05) is 19.1 Å². The maximum Gasteiger partial charge on any atom is 0.243 e. The molecule has 6 heteroatoms. The van der Waals surface area contributed by atoms with E-state index in [9.17, 15) is 9.18 Å². The summed E-state index contributed by atoms with van der Waals surface area (Å²) in [6.45, 7) is 7.78. The highest BCUT2D eigenvalue weighted by Crippen LogP contribution is 2.22. The average molecular weight is 380 g/mol. The van der Waals surface area contributed by atoms with Crippen molar-refractivity contribution in [3.8, 4) is 11.3 Å². The van der Waals surface area contributed by atoms with E-state index < -0.39 is 0 Å². The third-order valence-corrected chi connectivity index (χ3v) is 4.22. The molecular weight excluding hydrogens is 355 g/mol. The van der Waals surface area contributed by atoms with Gasteiger partial charge in [0.2, 0.25) is 5.91 Å². The van der Waals surface area contributed by atoms with Gasteiger partial charge in [0.05, 0.1) is 17.1 Å². The minimum Gasteiger partial charge on any atom is -0.397 e. The van der Waals surface area contributed by atoms with E-state index in [0.717, 1.165) is 17.5 Å². The smallest absolute Gasteiger partial charge is 0.243 e. The second-order valence-electron chi connectivity index (χ2n) is 6.31. The Labute approximate surface area is 164 Å². The molecule has 0 aliphatic rings. The number of halogens is 1. The lowest BCUT2D eigenvalue weighted by Crippen LogP contribution is -2.21. The van der Waals surface area contributed by atoms with Gasteiger partial charge in [0.25, 0.3) is 0 Å². The van der Waals surface area contributed by atoms with Crippen LogP contribution < -0.4 is 11.1 Å². The Kier molecular flexibility index (Phi) is 7.63. The van der Waals surface area contributed by atoms with Crippen molar-refractivity contribution in [3.05, 3.63) is 72.2 Å². The predicted octanol–water partition coefficient (Wildman–Crippen LogP) is 3.86. The Balaban J connectivity index is 2.40. The minimum absolute atomic E-state index is 0.203. The first-order chi connectivity index (χ1) is 13.4. The maximum atomic E-state index is 13.2.